The second-order valence-corrected chi connectivity index (χ2v) is 4.31. The standard InChI is InChI=1S/C7H6O3.C6H6O.C6H6/c8-6-4-2-1-3-5(6)7(9)10;7-6-4-2-1-3-5-6;1-2-4-6-5-3-1/h1-4,8H,(H,9,10);1-5,7H;1-6H. The summed E-state index contributed by atoms with van der Waals surface area (Å²) in [6, 6.07) is 26.5. The molecule has 0 bridgehead atoms. The molecule has 0 aromatic heterocycles. The van der Waals surface area contributed by atoms with Crippen LogP contribution < -0.4 is 0 Å². The van der Waals surface area contributed by atoms with Gasteiger partial charge in [-0.3, -0.25) is 0 Å². The molecule has 0 aliphatic carbocycles. The highest BCUT2D eigenvalue weighted by Gasteiger charge is 2.05. The van der Waals surface area contributed by atoms with E-state index >= 15 is 0 Å². The van der Waals surface area contributed by atoms with Gasteiger partial charge >= 0.3 is 5.97 Å². The number of aromatic hydroxyl groups is 2. The molecule has 118 valence electrons. The van der Waals surface area contributed by atoms with Crippen LogP contribution in [0.15, 0.2) is 91.0 Å². The fourth-order valence-corrected chi connectivity index (χ4v) is 1.47. The molecule has 3 aromatic carbocycles. The second-order valence-electron chi connectivity index (χ2n) is 4.31. The molecular formula is C19H18O4. The van der Waals surface area contributed by atoms with Crippen molar-refractivity contribution in [3.8, 4) is 11.5 Å². The molecule has 0 unspecified atom stereocenters. The van der Waals surface area contributed by atoms with Crippen LogP contribution in [0, 0.1) is 0 Å². The number of phenolic OH excluding ortho intramolecular Hbond substituents is 1. The van der Waals surface area contributed by atoms with Crippen LogP contribution in [-0.2, 0) is 0 Å². The SMILES string of the molecule is O=C(O)c1ccccc1O.Oc1ccccc1.c1ccccc1. The fourth-order valence-electron chi connectivity index (χ4n) is 1.47. The Morgan fingerprint density at radius 3 is 1.30 bits per heavy atom. The highest BCUT2D eigenvalue weighted by atomic mass is 16.4. The summed E-state index contributed by atoms with van der Waals surface area (Å²) in [6.45, 7) is 0. The van der Waals surface area contributed by atoms with Gasteiger partial charge in [0.2, 0.25) is 0 Å². The zero-order valence-electron chi connectivity index (χ0n) is 12.4. The summed E-state index contributed by atoms with van der Waals surface area (Å²) < 4.78 is 0. The molecule has 23 heavy (non-hydrogen) atoms. The van der Waals surface area contributed by atoms with E-state index in [9.17, 15) is 4.79 Å². The average molecular weight is 310 g/mol. The molecule has 0 saturated heterocycles. The summed E-state index contributed by atoms with van der Waals surface area (Å²) in [5.74, 6) is -0.990. The molecule has 0 spiro atoms. The molecule has 4 nitrogen and oxygen atoms in total. The minimum Gasteiger partial charge on any atom is -0.508 e. The molecule has 0 atom stereocenters. The van der Waals surface area contributed by atoms with Crippen LogP contribution in [0.4, 0.5) is 0 Å². The number of carboxylic acids is 1. The van der Waals surface area contributed by atoms with Gasteiger partial charge in [0.05, 0.1) is 0 Å². The Hall–Kier alpha value is -3.27. The first kappa shape index (κ1) is 17.8. The van der Waals surface area contributed by atoms with E-state index < -0.39 is 5.97 Å². The quantitative estimate of drug-likeness (QED) is 0.630. The van der Waals surface area contributed by atoms with Crippen LogP contribution in [0.25, 0.3) is 0 Å². The Morgan fingerprint density at radius 2 is 1.00 bits per heavy atom. The topological polar surface area (TPSA) is 77.8 Å². The summed E-state index contributed by atoms with van der Waals surface area (Å²) in [6.07, 6.45) is 0. The Morgan fingerprint density at radius 1 is 0.609 bits per heavy atom. The molecule has 3 aromatic rings. The van der Waals surface area contributed by atoms with E-state index in [1.165, 1.54) is 12.1 Å². The van der Waals surface area contributed by atoms with Crippen molar-refractivity contribution >= 4 is 5.97 Å². The Bertz CT molecular complexity index is 655. The largest absolute Gasteiger partial charge is 0.508 e. The number of rotatable bonds is 1. The summed E-state index contributed by atoms with van der Waals surface area (Å²) in [5.41, 5.74) is -0.0671. The summed E-state index contributed by atoms with van der Waals surface area (Å²) in [4.78, 5) is 10.3. The van der Waals surface area contributed by atoms with Crippen LogP contribution >= 0.6 is 0 Å². The lowest BCUT2D eigenvalue weighted by molar-refractivity contribution is 0.0693. The lowest BCUT2D eigenvalue weighted by Gasteiger charge is -1.95. The van der Waals surface area contributed by atoms with E-state index in [1.807, 2.05) is 42.5 Å². The number of para-hydroxylation sites is 2. The maximum atomic E-state index is 10.3. The zero-order valence-corrected chi connectivity index (χ0v) is 12.4. The first-order valence-corrected chi connectivity index (χ1v) is 6.86. The number of aromatic carboxylic acids is 1. The molecule has 0 fully saturated rings. The van der Waals surface area contributed by atoms with E-state index in [4.69, 9.17) is 15.3 Å². The Labute approximate surface area is 134 Å². The van der Waals surface area contributed by atoms with Gasteiger partial charge in [0.1, 0.15) is 17.1 Å². The maximum Gasteiger partial charge on any atom is 0.339 e. The molecule has 4 heteroatoms. The van der Waals surface area contributed by atoms with Crippen LogP contribution in [0.2, 0.25) is 0 Å². The number of benzene rings is 3. The highest BCUT2D eigenvalue weighted by molar-refractivity contribution is 5.90. The third-order valence-electron chi connectivity index (χ3n) is 2.56. The Kier molecular flexibility index (Phi) is 8.08. The first-order chi connectivity index (χ1) is 11.1. The number of hydrogen-bond donors (Lipinski definition) is 3. The molecule has 0 heterocycles. The van der Waals surface area contributed by atoms with Gasteiger partial charge in [-0.15, -0.1) is 0 Å². The van der Waals surface area contributed by atoms with Gasteiger partial charge in [0.15, 0.2) is 0 Å². The second kappa shape index (κ2) is 10.5. The third kappa shape index (κ3) is 7.92. The predicted molar refractivity (Wildman–Crippen MR) is 89.6 cm³/mol. The zero-order chi connectivity index (χ0) is 16.9. The van der Waals surface area contributed by atoms with Crippen LogP contribution in [0.1, 0.15) is 10.4 Å². The van der Waals surface area contributed by atoms with E-state index in [1.54, 1.807) is 36.4 Å². The molecule has 3 N–H and O–H groups in total. The highest BCUT2D eigenvalue weighted by Crippen LogP contribution is 2.14. The van der Waals surface area contributed by atoms with Crippen molar-refractivity contribution < 1.29 is 20.1 Å². The lowest BCUT2D eigenvalue weighted by Crippen LogP contribution is -1.95. The molecule has 0 aliphatic heterocycles. The monoisotopic (exact) mass is 310 g/mol. The van der Waals surface area contributed by atoms with Crippen LogP contribution in [0.3, 0.4) is 0 Å². The van der Waals surface area contributed by atoms with Crippen molar-refractivity contribution in [3.05, 3.63) is 96.6 Å². The van der Waals surface area contributed by atoms with Crippen LogP contribution in [-0.4, -0.2) is 21.3 Å². The molecule has 0 saturated carbocycles. The van der Waals surface area contributed by atoms with Crippen molar-refractivity contribution in [2.75, 3.05) is 0 Å². The van der Waals surface area contributed by atoms with Gasteiger partial charge in [-0.2, -0.15) is 0 Å². The first-order valence-electron chi connectivity index (χ1n) is 6.86. The van der Waals surface area contributed by atoms with E-state index in [-0.39, 0.29) is 11.3 Å². The number of phenols is 2. The number of hydrogen-bond acceptors (Lipinski definition) is 3. The maximum absolute atomic E-state index is 10.3. The summed E-state index contributed by atoms with van der Waals surface area (Å²) in [5, 5.41) is 25.9. The predicted octanol–water partition coefficient (Wildman–Crippen LogP) is 4.17. The van der Waals surface area contributed by atoms with Crippen LogP contribution in [0.5, 0.6) is 11.5 Å². The van der Waals surface area contributed by atoms with E-state index in [0.29, 0.717) is 5.75 Å². The number of carbonyl (C=O) groups is 1. The minimum atomic E-state index is -1.11. The van der Waals surface area contributed by atoms with Gasteiger partial charge in [0.25, 0.3) is 0 Å². The van der Waals surface area contributed by atoms with Crippen molar-refractivity contribution in [1.29, 1.82) is 0 Å². The fraction of sp³-hybridized carbons (Fsp3) is 0. The minimum absolute atomic E-state index is 0.0671. The van der Waals surface area contributed by atoms with E-state index in [2.05, 4.69) is 0 Å². The van der Waals surface area contributed by atoms with Gasteiger partial charge in [-0.1, -0.05) is 66.7 Å². The lowest BCUT2D eigenvalue weighted by atomic mass is 10.2. The average Bonchev–Trinajstić information content (AvgIpc) is 2.58. The Balaban J connectivity index is 0.000000179. The normalized spacial score (nSPS) is 8.70. The number of carboxylic acid groups (broad SMARTS) is 1. The van der Waals surface area contributed by atoms with Gasteiger partial charge in [-0.05, 0) is 24.3 Å². The summed E-state index contributed by atoms with van der Waals surface area (Å²) in [7, 11) is 0. The van der Waals surface area contributed by atoms with Crippen molar-refractivity contribution in [2.24, 2.45) is 0 Å². The molecule has 0 radical (unpaired) electrons. The van der Waals surface area contributed by atoms with Crippen molar-refractivity contribution in [1.82, 2.24) is 0 Å². The molecule has 0 aliphatic rings. The smallest absolute Gasteiger partial charge is 0.339 e. The van der Waals surface area contributed by atoms with Crippen molar-refractivity contribution in [3.63, 3.8) is 0 Å². The van der Waals surface area contributed by atoms with E-state index in [0.717, 1.165) is 0 Å². The van der Waals surface area contributed by atoms with Gasteiger partial charge < -0.3 is 15.3 Å². The van der Waals surface area contributed by atoms with Gasteiger partial charge in [0, 0.05) is 0 Å². The third-order valence-corrected chi connectivity index (χ3v) is 2.56. The summed E-state index contributed by atoms with van der Waals surface area (Å²) >= 11 is 0. The van der Waals surface area contributed by atoms with Gasteiger partial charge in [-0.25, -0.2) is 4.79 Å². The van der Waals surface area contributed by atoms with Crippen molar-refractivity contribution in [2.45, 2.75) is 0 Å². The molecule has 0 amide bonds. The molecular weight excluding hydrogens is 292 g/mol. The molecule has 3 rings (SSSR count).